The molecular formula is C29H51N. The predicted molar refractivity (Wildman–Crippen MR) is 131 cm³/mol. The maximum Gasteiger partial charge on any atom is 0.0105 e. The summed E-state index contributed by atoms with van der Waals surface area (Å²) in [4.78, 5) is 0. The van der Waals surface area contributed by atoms with Crippen LogP contribution in [0.4, 0.5) is 0 Å². The zero-order valence-corrected chi connectivity index (χ0v) is 21.1. The van der Waals surface area contributed by atoms with Crippen molar-refractivity contribution in [2.24, 2.45) is 46.3 Å². The van der Waals surface area contributed by atoms with Crippen LogP contribution < -0.4 is 5.32 Å². The third kappa shape index (κ3) is 3.95. The summed E-state index contributed by atoms with van der Waals surface area (Å²) in [6.45, 7) is 16.2. The highest BCUT2D eigenvalue weighted by Gasteiger charge is 2.59. The molecule has 0 bridgehead atoms. The summed E-state index contributed by atoms with van der Waals surface area (Å²) in [6.07, 6.45) is 18.7. The molecule has 1 nitrogen and oxygen atoms in total. The number of nitrogens with one attached hydrogen (secondary N) is 1. The summed E-state index contributed by atoms with van der Waals surface area (Å²) in [5.41, 5.74) is 2.97. The van der Waals surface area contributed by atoms with Gasteiger partial charge in [0.2, 0.25) is 0 Å². The van der Waals surface area contributed by atoms with Gasteiger partial charge < -0.3 is 5.32 Å². The second kappa shape index (κ2) is 8.92. The number of hydrogen-bond donors (Lipinski definition) is 1. The van der Waals surface area contributed by atoms with Crippen molar-refractivity contribution in [3.05, 3.63) is 11.6 Å². The smallest absolute Gasteiger partial charge is 0.0105 e. The summed E-state index contributed by atoms with van der Waals surface area (Å²) >= 11 is 0. The van der Waals surface area contributed by atoms with Crippen LogP contribution in [0.15, 0.2) is 11.6 Å². The molecule has 0 amide bonds. The van der Waals surface area contributed by atoms with E-state index >= 15 is 0 Å². The minimum absolute atomic E-state index is 0.511. The van der Waals surface area contributed by atoms with E-state index in [-0.39, 0.29) is 0 Å². The van der Waals surface area contributed by atoms with Gasteiger partial charge in [0, 0.05) is 6.04 Å². The van der Waals surface area contributed by atoms with Crippen LogP contribution in [0.3, 0.4) is 0 Å². The van der Waals surface area contributed by atoms with Crippen molar-refractivity contribution >= 4 is 0 Å². The molecule has 8 atom stereocenters. The highest BCUT2D eigenvalue weighted by molar-refractivity contribution is 5.26. The number of rotatable bonds is 7. The van der Waals surface area contributed by atoms with Gasteiger partial charge in [-0.15, -0.1) is 0 Å². The van der Waals surface area contributed by atoms with Crippen LogP contribution in [0.2, 0.25) is 0 Å². The molecule has 0 aromatic heterocycles. The van der Waals surface area contributed by atoms with Crippen LogP contribution in [0, 0.1) is 46.3 Å². The van der Waals surface area contributed by atoms with Crippen LogP contribution in [0.25, 0.3) is 0 Å². The fourth-order valence-electron chi connectivity index (χ4n) is 9.15. The molecule has 0 aliphatic heterocycles. The monoisotopic (exact) mass is 413 g/mol. The van der Waals surface area contributed by atoms with Gasteiger partial charge in [-0.2, -0.15) is 0 Å². The summed E-state index contributed by atoms with van der Waals surface area (Å²) in [5.74, 6) is 5.71. The molecule has 4 aliphatic rings. The second-order valence-electron chi connectivity index (χ2n) is 12.8. The molecule has 1 heteroatoms. The summed E-state index contributed by atoms with van der Waals surface area (Å²) in [7, 11) is 0. The van der Waals surface area contributed by atoms with E-state index in [0.717, 1.165) is 48.1 Å². The first-order valence-corrected chi connectivity index (χ1v) is 13.7. The van der Waals surface area contributed by atoms with Gasteiger partial charge in [-0.25, -0.2) is 0 Å². The van der Waals surface area contributed by atoms with E-state index in [4.69, 9.17) is 0 Å². The van der Waals surface area contributed by atoms with Crippen LogP contribution in [0.1, 0.15) is 112 Å². The van der Waals surface area contributed by atoms with Crippen LogP contribution >= 0.6 is 0 Å². The minimum Gasteiger partial charge on any atom is -0.314 e. The Morgan fingerprint density at radius 1 is 1.00 bits per heavy atom. The van der Waals surface area contributed by atoms with Crippen molar-refractivity contribution in [3.8, 4) is 0 Å². The van der Waals surface area contributed by atoms with Crippen molar-refractivity contribution in [2.45, 2.75) is 118 Å². The van der Waals surface area contributed by atoms with E-state index in [1.165, 1.54) is 70.6 Å². The quantitative estimate of drug-likeness (QED) is 0.417. The third-order valence-corrected chi connectivity index (χ3v) is 10.8. The average Bonchev–Trinajstić information content (AvgIpc) is 3.05. The van der Waals surface area contributed by atoms with Gasteiger partial charge in [0.15, 0.2) is 0 Å². The Morgan fingerprint density at radius 3 is 2.53 bits per heavy atom. The first kappa shape index (κ1) is 22.9. The molecule has 3 saturated carbocycles. The van der Waals surface area contributed by atoms with Crippen molar-refractivity contribution in [3.63, 3.8) is 0 Å². The van der Waals surface area contributed by atoms with E-state index in [1.807, 2.05) is 5.57 Å². The largest absolute Gasteiger partial charge is 0.314 e. The minimum atomic E-state index is 0.511. The zero-order valence-electron chi connectivity index (χ0n) is 21.1. The normalized spacial score (nSPS) is 44.2. The van der Waals surface area contributed by atoms with Crippen molar-refractivity contribution in [2.75, 3.05) is 6.54 Å². The number of allylic oxidation sites excluding steroid dienone is 1. The molecule has 0 aromatic rings. The standard InChI is InChI=1S/C29H51N/c1-7-30-23-15-17-28(5)22(19-23)11-12-24-26-14-13-25(21(4)10-8-9-20(2)3)29(26,6)18-16-27(24)28/h11,20-21,23-27,30H,7-10,12-19H2,1-6H3/t21-,23+,24?,25?,26+,27?,28?,29?/m1/s1. The lowest BCUT2D eigenvalue weighted by Crippen LogP contribution is -2.51. The highest BCUT2D eigenvalue weighted by Crippen LogP contribution is 2.67. The molecule has 0 spiro atoms. The fraction of sp³-hybridized carbons (Fsp3) is 0.931. The van der Waals surface area contributed by atoms with E-state index in [1.54, 1.807) is 0 Å². The number of hydrogen-bond acceptors (Lipinski definition) is 1. The lowest BCUT2D eigenvalue weighted by atomic mass is 9.47. The molecule has 0 saturated heterocycles. The van der Waals surface area contributed by atoms with Crippen molar-refractivity contribution in [1.82, 2.24) is 5.32 Å². The maximum absolute atomic E-state index is 3.75. The van der Waals surface area contributed by atoms with E-state index in [0.29, 0.717) is 10.8 Å². The Morgan fingerprint density at radius 2 is 1.80 bits per heavy atom. The van der Waals surface area contributed by atoms with E-state index < -0.39 is 0 Å². The van der Waals surface area contributed by atoms with Crippen LogP contribution in [-0.2, 0) is 0 Å². The molecule has 5 unspecified atom stereocenters. The molecule has 1 N–H and O–H groups in total. The van der Waals surface area contributed by atoms with Gasteiger partial charge in [0.25, 0.3) is 0 Å². The molecule has 4 rings (SSSR count). The first-order chi connectivity index (χ1) is 14.3. The van der Waals surface area contributed by atoms with Crippen LogP contribution in [0.5, 0.6) is 0 Å². The molecule has 0 heterocycles. The maximum atomic E-state index is 3.75. The summed E-state index contributed by atoms with van der Waals surface area (Å²) < 4.78 is 0. The Labute approximate surface area is 188 Å². The lowest BCUT2D eigenvalue weighted by Gasteiger charge is -2.58. The molecule has 0 radical (unpaired) electrons. The molecular weight excluding hydrogens is 362 g/mol. The summed E-state index contributed by atoms with van der Waals surface area (Å²) in [6, 6.07) is 0.738. The molecule has 3 fully saturated rings. The van der Waals surface area contributed by atoms with Crippen molar-refractivity contribution in [1.29, 1.82) is 0 Å². The third-order valence-electron chi connectivity index (χ3n) is 10.8. The molecule has 30 heavy (non-hydrogen) atoms. The Balaban J connectivity index is 1.47. The lowest BCUT2D eigenvalue weighted by molar-refractivity contribution is -0.0514. The molecule has 0 aromatic carbocycles. The van der Waals surface area contributed by atoms with Gasteiger partial charge in [0.05, 0.1) is 0 Å². The second-order valence-corrected chi connectivity index (χ2v) is 12.8. The highest BCUT2D eigenvalue weighted by atomic mass is 14.9. The first-order valence-electron chi connectivity index (χ1n) is 13.7. The van der Waals surface area contributed by atoms with Crippen molar-refractivity contribution < 1.29 is 0 Å². The SMILES string of the molecule is CCN[C@H]1CCC2(C)C(=CCC3C2CCC2(C)C([C@H](C)CCCC(C)C)CC[C@@H]32)C1. The summed E-state index contributed by atoms with van der Waals surface area (Å²) in [5, 5.41) is 3.75. The Kier molecular flexibility index (Phi) is 6.80. The Bertz CT molecular complexity index is 620. The topological polar surface area (TPSA) is 12.0 Å². The average molecular weight is 414 g/mol. The van der Waals surface area contributed by atoms with Gasteiger partial charge >= 0.3 is 0 Å². The fourth-order valence-corrected chi connectivity index (χ4v) is 9.15. The van der Waals surface area contributed by atoms with Crippen LogP contribution in [-0.4, -0.2) is 12.6 Å². The van der Waals surface area contributed by atoms with Gasteiger partial charge in [-0.05, 0) is 104 Å². The molecule has 172 valence electrons. The van der Waals surface area contributed by atoms with E-state index in [9.17, 15) is 0 Å². The van der Waals surface area contributed by atoms with Gasteiger partial charge in [-0.1, -0.05) is 72.5 Å². The Hall–Kier alpha value is -0.300. The molecule has 4 aliphatic carbocycles. The predicted octanol–water partition coefficient (Wildman–Crippen LogP) is 8.01. The van der Waals surface area contributed by atoms with Gasteiger partial charge in [-0.3, -0.25) is 0 Å². The van der Waals surface area contributed by atoms with E-state index in [2.05, 4.69) is 52.9 Å². The number of fused-ring (bicyclic) bond motifs is 5. The van der Waals surface area contributed by atoms with Gasteiger partial charge in [0.1, 0.15) is 0 Å². The zero-order chi connectivity index (χ0) is 21.5.